The van der Waals surface area contributed by atoms with Crippen LogP contribution in [-0.4, -0.2) is 23.2 Å². The molecule has 2 atom stereocenters. The summed E-state index contributed by atoms with van der Waals surface area (Å²) in [5.41, 5.74) is 0. The largest absolute Gasteiger partial charge is 0.387 e. The summed E-state index contributed by atoms with van der Waals surface area (Å²) in [6, 6.07) is -0.216. The van der Waals surface area contributed by atoms with Crippen molar-refractivity contribution in [3.8, 4) is 0 Å². The molecule has 3 nitrogen and oxygen atoms in total. The summed E-state index contributed by atoms with van der Waals surface area (Å²) in [5, 5.41) is 13.1. The van der Waals surface area contributed by atoms with Gasteiger partial charge in [-0.15, -0.1) is 0 Å². The third kappa shape index (κ3) is 18.5. The summed E-state index contributed by atoms with van der Waals surface area (Å²) in [7, 11) is 0. The van der Waals surface area contributed by atoms with Crippen LogP contribution in [0.3, 0.4) is 0 Å². The minimum atomic E-state index is -0.591. The van der Waals surface area contributed by atoms with E-state index in [9.17, 15) is 9.90 Å². The van der Waals surface area contributed by atoms with Crippen molar-refractivity contribution >= 4 is 5.91 Å². The van der Waals surface area contributed by atoms with Crippen molar-refractivity contribution in [2.75, 3.05) is 0 Å². The zero-order valence-electron chi connectivity index (χ0n) is 19.2. The van der Waals surface area contributed by atoms with Gasteiger partial charge in [0.2, 0.25) is 5.91 Å². The number of carbonyl (C=O) groups is 1. The molecule has 0 saturated carbocycles. The maximum absolute atomic E-state index is 11.9. The van der Waals surface area contributed by atoms with Crippen molar-refractivity contribution in [1.82, 2.24) is 5.32 Å². The lowest BCUT2D eigenvalue weighted by Crippen LogP contribution is -2.40. The Morgan fingerprint density at radius 1 is 0.786 bits per heavy atom. The van der Waals surface area contributed by atoms with Gasteiger partial charge in [0.1, 0.15) is 0 Å². The average molecular weight is 396 g/mol. The molecule has 0 aromatic carbocycles. The molecule has 0 aliphatic heterocycles. The molecule has 0 radical (unpaired) electrons. The zero-order chi connectivity index (χ0) is 20.9. The van der Waals surface area contributed by atoms with Gasteiger partial charge in [0.05, 0.1) is 12.1 Å². The fraction of sp³-hybridized carbons (Fsp3) is 0.880. The molecule has 0 spiro atoms. The third-order valence-corrected chi connectivity index (χ3v) is 5.47. The Labute approximate surface area is 175 Å². The molecule has 0 heterocycles. The maximum atomic E-state index is 11.9. The van der Waals surface area contributed by atoms with E-state index in [4.69, 9.17) is 0 Å². The summed E-state index contributed by atoms with van der Waals surface area (Å²) in [5.74, 6) is 0.0612. The molecule has 2 N–H and O–H groups in total. The van der Waals surface area contributed by atoms with Crippen molar-refractivity contribution < 1.29 is 9.90 Å². The number of hydrogen-bond acceptors (Lipinski definition) is 2. The molecule has 166 valence electrons. The first-order valence-electron chi connectivity index (χ1n) is 12.3. The number of rotatable bonds is 20. The van der Waals surface area contributed by atoms with Crippen LogP contribution in [0.25, 0.3) is 0 Å². The van der Waals surface area contributed by atoms with Crippen LogP contribution < -0.4 is 5.32 Å². The van der Waals surface area contributed by atoms with Crippen LogP contribution in [0.15, 0.2) is 12.2 Å². The van der Waals surface area contributed by atoms with Gasteiger partial charge in [0.15, 0.2) is 0 Å². The van der Waals surface area contributed by atoms with Gasteiger partial charge in [-0.3, -0.25) is 4.79 Å². The summed E-state index contributed by atoms with van der Waals surface area (Å²) in [6.07, 6.45) is 24.1. The standard InChI is InChI=1S/C25H49NO2/c1-4-6-8-10-11-12-13-14-15-16-18-19-21-24(27)23(3)26-25(28)22-20-17-9-7-5-2/h19,21,23-24,27H,4-18,20,22H2,1-3H3,(H,26,28)/b21-19+/t23-,24+/m1/s1. The quantitative estimate of drug-likeness (QED) is 0.171. The SMILES string of the molecule is CCCCCCCCCCCC/C=C/[C@H](O)[C@@H](C)NC(=O)CCCCCCC. The molecule has 0 aliphatic rings. The molecule has 0 rings (SSSR count). The van der Waals surface area contributed by atoms with Gasteiger partial charge >= 0.3 is 0 Å². The summed E-state index contributed by atoms with van der Waals surface area (Å²) < 4.78 is 0. The van der Waals surface area contributed by atoms with E-state index in [1.54, 1.807) is 0 Å². The molecule has 0 bridgehead atoms. The minimum Gasteiger partial charge on any atom is -0.387 e. The number of allylic oxidation sites excluding steroid dienone is 1. The highest BCUT2D eigenvalue weighted by atomic mass is 16.3. The molecule has 1 amide bonds. The van der Waals surface area contributed by atoms with E-state index in [0.29, 0.717) is 6.42 Å². The van der Waals surface area contributed by atoms with Crippen molar-refractivity contribution in [1.29, 1.82) is 0 Å². The Bertz CT molecular complexity index is 368. The number of aliphatic hydroxyl groups is 1. The Morgan fingerprint density at radius 3 is 1.79 bits per heavy atom. The molecule has 0 fully saturated rings. The maximum Gasteiger partial charge on any atom is 0.220 e. The van der Waals surface area contributed by atoms with Gasteiger partial charge in [-0.25, -0.2) is 0 Å². The number of amides is 1. The van der Waals surface area contributed by atoms with Crippen LogP contribution in [0.1, 0.15) is 130 Å². The van der Waals surface area contributed by atoms with Crippen LogP contribution >= 0.6 is 0 Å². The van der Waals surface area contributed by atoms with E-state index < -0.39 is 6.10 Å². The van der Waals surface area contributed by atoms with Crippen LogP contribution in [0.2, 0.25) is 0 Å². The summed E-state index contributed by atoms with van der Waals surface area (Å²) >= 11 is 0. The van der Waals surface area contributed by atoms with Crippen LogP contribution in [0, 0.1) is 0 Å². The van der Waals surface area contributed by atoms with E-state index in [1.807, 2.05) is 13.0 Å². The predicted molar refractivity (Wildman–Crippen MR) is 123 cm³/mol. The van der Waals surface area contributed by atoms with Gasteiger partial charge in [-0.2, -0.15) is 0 Å². The molecule has 0 aliphatic carbocycles. The third-order valence-electron chi connectivity index (χ3n) is 5.47. The smallest absolute Gasteiger partial charge is 0.220 e. The normalized spacial score (nSPS) is 13.7. The van der Waals surface area contributed by atoms with Crippen molar-refractivity contribution in [3.05, 3.63) is 12.2 Å². The van der Waals surface area contributed by atoms with E-state index >= 15 is 0 Å². The highest BCUT2D eigenvalue weighted by Crippen LogP contribution is 2.11. The second-order valence-corrected chi connectivity index (χ2v) is 8.41. The van der Waals surface area contributed by atoms with E-state index in [1.165, 1.54) is 83.5 Å². The lowest BCUT2D eigenvalue weighted by atomic mass is 10.1. The molecule has 0 aromatic rings. The second kappa shape index (κ2) is 20.9. The first kappa shape index (κ1) is 27.2. The van der Waals surface area contributed by atoms with E-state index in [2.05, 4.69) is 25.2 Å². The van der Waals surface area contributed by atoms with Gasteiger partial charge in [-0.05, 0) is 26.2 Å². The van der Waals surface area contributed by atoms with Gasteiger partial charge in [-0.1, -0.05) is 109 Å². The van der Waals surface area contributed by atoms with Crippen molar-refractivity contribution in [3.63, 3.8) is 0 Å². The van der Waals surface area contributed by atoms with Crippen LogP contribution in [0.5, 0.6) is 0 Å². The highest BCUT2D eigenvalue weighted by molar-refractivity contribution is 5.76. The fourth-order valence-electron chi connectivity index (χ4n) is 3.45. The number of unbranched alkanes of at least 4 members (excludes halogenated alkanes) is 14. The summed E-state index contributed by atoms with van der Waals surface area (Å²) in [6.45, 7) is 6.34. The van der Waals surface area contributed by atoms with Gasteiger partial charge < -0.3 is 10.4 Å². The zero-order valence-corrected chi connectivity index (χ0v) is 19.2. The number of aliphatic hydroxyl groups excluding tert-OH is 1. The molecular formula is C25H49NO2. The topological polar surface area (TPSA) is 49.3 Å². The molecule has 3 heteroatoms. The number of nitrogens with one attached hydrogen (secondary N) is 1. The Morgan fingerprint density at radius 2 is 1.25 bits per heavy atom. The van der Waals surface area contributed by atoms with Crippen molar-refractivity contribution in [2.24, 2.45) is 0 Å². The van der Waals surface area contributed by atoms with E-state index in [0.717, 1.165) is 19.3 Å². The first-order chi connectivity index (χ1) is 13.6. The lowest BCUT2D eigenvalue weighted by Gasteiger charge is -2.17. The Kier molecular flexibility index (Phi) is 20.3. The monoisotopic (exact) mass is 395 g/mol. The van der Waals surface area contributed by atoms with Gasteiger partial charge in [0, 0.05) is 6.42 Å². The number of hydrogen-bond donors (Lipinski definition) is 2. The Hall–Kier alpha value is -0.830. The average Bonchev–Trinajstić information content (AvgIpc) is 2.68. The predicted octanol–water partition coefficient (Wildman–Crippen LogP) is 7.08. The fourth-order valence-corrected chi connectivity index (χ4v) is 3.45. The second-order valence-electron chi connectivity index (χ2n) is 8.41. The molecule has 0 aromatic heterocycles. The van der Waals surface area contributed by atoms with Gasteiger partial charge in [0.25, 0.3) is 0 Å². The highest BCUT2D eigenvalue weighted by Gasteiger charge is 2.13. The number of carbonyl (C=O) groups excluding carboxylic acids is 1. The Balaban J connectivity index is 3.57. The van der Waals surface area contributed by atoms with E-state index in [-0.39, 0.29) is 11.9 Å². The molecule has 0 saturated heterocycles. The molecule has 0 unspecified atom stereocenters. The van der Waals surface area contributed by atoms with Crippen molar-refractivity contribution in [2.45, 2.75) is 142 Å². The summed E-state index contributed by atoms with van der Waals surface area (Å²) in [4.78, 5) is 11.9. The minimum absolute atomic E-state index is 0.0612. The van der Waals surface area contributed by atoms with Crippen LogP contribution in [0.4, 0.5) is 0 Å². The molecule has 28 heavy (non-hydrogen) atoms. The molecular weight excluding hydrogens is 346 g/mol. The first-order valence-corrected chi connectivity index (χ1v) is 12.3. The van der Waals surface area contributed by atoms with Crippen LogP contribution in [-0.2, 0) is 4.79 Å². The lowest BCUT2D eigenvalue weighted by molar-refractivity contribution is -0.122.